The number of fused-ring (bicyclic) bond motifs is 2. The van der Waals surface area contributed by atoms with Gasteiger partial charge in [-0.1, -0.05) is 30.3 Å². The van der Waals surface area contributed by atoms with E-state index in [-0.39, 0.29) is 24.6 Å². The highest BCUT2D eigenvalue weighted by atomic mass is 17.2. The Labute approximate surface area is 130 Å². The van der Waals surface area contributed by atoms with Crippen LogP contribution in [0.25, 0.3) is 0 Å². The Morgan fingerprint density at radius 2 is 2.00 bits per heavy atom. The number of methoxy groups -OCH3 is 1. The van der Waals surface area contributed by atoms with Crippen LogP contribution in [0.3, 0.4) is 0 Å². The van der Waals surface area contributed by atoms with Gasteiger partial charge in [0.05, 0.1) is 25.9 Å². The molecule has 0 amide bonds. The summed E-state index contributed by atoms with van der Waals surface area (Å²) in [5, 5.41) is 0. The monoisotopic (exact) mass is 310 g/mol. The lowest BCUT2D eigenvalue weighted by atomic mass is 10.0. The van der Waals surface area contributed by atoms with E-state index in [1.165, 1.54) is 0 Å². The maximum absolute atomic E-state index is 5.99. The summed E-state index contributed by atoms with van der Waals surface area (Å²) in [4.78, 5) is 10.5. The van der Waals surface area contributed by atoms with Crippen molar-refractivity contribution in [1.29, 1.82) is 0 Å². The van der Waals surface area contributed by atoms with E-state index in [1.807, 2.05) is 30.3 Å². The number of benzene rings is 1. The molecule has 3 rings (SSSR count). The van der Waals surface area contributed by atoms with Crippen LogP contribution in [0, 0.1) is 0 Å². The molecule has 1 aromatic carbocycles. The van der Waals surface area contributed by atoms with Crippen LogP contribution in [-0.2, 0) is 35.3 Å². The predicted octanol–water partition coefficient (Wildman–Crippen LogP) is 1.68. The zero-order chi connectivity index (χ0) is 15.2. The smallest absolute Gasteiger partial charge is 0.187 e. The van der Waals surface area contributed by atoms with E-state index in [9.17, 15) is 0 Å². The van der Waals surface area contributed by atoms with Crippen molar-refractivity contribution >= 4 is 0 Å². The molecule has 4 atom stereocenters. The van der Waals surface area contributed by atoms with Crippen LogP contribution >= 0.6 is 0 Å². The summed E-state index contributed by atoms with van der Waals surface area (Å²) < 4.78 is 22.3. The summed E-state index contributed by atoms with van der Waals surface area (Å²) in [6, 6.07) is 10.1. The summed E-state index contributed by atoms with van der Waals surface area (Å²) in [5.41, 5.74) is 1.14. The van der Waals surface area contributed by atoms with Gasteiger partial charge in [-0.2, -0.15) is 0 Å². The molecule has 0 N–H and O–H groups in total. The third kappa shape index (κ3) is 4.04. The fourth-order valence-electron chi connectivity index (χ4n) is 2.61. The maximum atomic E-state index is 5.99. The van der Waals surface area contributed by atoms with Gasteiger partial charge in [0.15, 0.2) is 6.29 Å². The van der Waals surface area contributed by atoms with Crippen LogP contribution < -0.4 is 0 Å². The molecule has 6 nitrogen and oxygen atoms in total. The Kier molecular flexibility index (Phi) is 5.77. The zero-order valence-electron chi connectivity index (χ0n) is 12.7. The summed E-state index contributed by atoms with van der Waals surface area (Å²) in [5.74, 6) is 0. The first kappa shape index (κ1) is 15.9. The minimum absolute atomic E-state index is 0.0347. The van der Waals surface area contributed by atoms with E-state index in [0.717, 1.165) is 5.56 Å². The van der Waals surface area contributed by atoms with Crippen LogP contribution in [0.4, 0.5) is 0 Å². The summed E-state index contributed by atoms with van der Waals surface area (Å²) in [6.45, 7) is 1.93. The molecule has 2 aliphatic rings. The highest BCUT2D eigenvalue weighted by Crippen LogP contribution is 2.31. The highest BCUT2D eigenvalue weighted by Gasteiger charge is 2.45. The average molecular weight is 310 g/mol. The van der Waals surface area contributed by atoms with Gasteiger partial charge in [-0.25, -0.2) is 9.78 Å². The molecule has 2 fully saturated rings. The van der Waals surface area contributed by atoms with Gasteiger partial charge >= 0.3 is 0 Å². The minimum atomic E-state index is -0.371. The van der Waals surface area contributed by atoms with Crippen molar-refractivity contribution in [3.05, 3.63) is 35.9 Å². The molecule has 0 radical (unpaired) electrons. The van der Waals surface area contributed by atoms with E-state index in [4.69, 9.17) is 28.7 Å². The summed E-state index contributed by atoms with van der Waals surface area (Å²) >= 11 is 0. The predicted molar refractivity (Wildman–Crippen MR) is 77.0 cm³/mol. The number of ether oxygens (including phenoxy) is 4. The minimum Gasteiger partial charge on any atom is -0.382 e. The van der Waals surface area contributed by atoms with Crippen LogP contribution in [0.15, 0.2) is 30.3 Å². The van der Waals surface area contributed by atoms with Gasteiger partial charge in [0.25, 0.3) is 0 Å². The lowest BCUT2D eigenvalue weighted by molar-refractivity contribution is -0.370. The van der Waals surface area contributed by atoms with Crippen molar-refractivity contribution in [2.75, 3.05) is 26.9 Å². The Morgan fingerprint density at radius 3 is 2.82 bits per heavy atom. The molecule has 2 bridgehead atoms. The van der Waals surface area contributed by atoms with Crippen molar-refractivity contribution < 1.29 is 28.7 Å². The van der Waals surface area contributed by atoms with Crippen LogP contribution in [0.2, 0.25) is 0 Å². The molecule has 0 spiro atoms. The normalized spacial score (nSPS) is 30.6. The molecule has 122 valence electrons. The third-order valence-corrected chi connectivity index (χ3v) is 3.79. The summed E-state index contributed by atoms with van der Waals surface area (Å²) in [7, 11) is 1.62. The number of hydrogen-bond donors (Lipinski definition) is 0. The zero-order valence-corrected chi connectivity index (χ0v) is 12.7. The van der Waals surface area contributed by atoms with Gasteiger partial charge in [-0.3, -0.25) is 0 Å². The lowest BCUT2D eigenvalue weighted by Crippen LogP contribution is -2.44. The fourth-order valence-corrected chi connectivity index (χ4v) is 2.61. The summed E-state index contributed by atoms with van der Waals surface area (Å²) in [6.07, 6.45) is -0.0576. The topological polar surface area (TPSA) is 55.4 Å². The van der Waals surface area contributed by atoms with Crippen LogP contribution in [0.5, 0.6) is 0 Å². The fraction of sp³-hybridized carbons (Fsp3) is 0.625. The molecule has 6 heteroatoms. The van der Waals surface area contributed by atoms with Crippen molar-refractivity contribution in [2.24, 2.45) is 0 Å². The van der Waals surface area contributed by atoms with Crippen LogP contribution in [0.1, 0.15) is 12.0 Å². The molecule has 0 saturated carbocycles. The van der Waals surface area contributed by atoms with Crippen molar-refractivity contribution in [1.82, 2.24) is 0 Å². The van der Waals surface area contributed by atoms with Gasteiger partial charge in [-0.15, -0.1) is 0 Å². The SMILES string of the molecule is COCCOO[C@@H]1C[C@H](OCc2ccccc2)[C@H]2CO[C@@H]1O2. The Hall–Kier alpha value is -1.02. The molecule has 0 aliphatic carbocycles. The molecular formula is C16H22O6. The van der Waals surface area contributed by atoms with Crippen molar-refractivity contribution in [3.63, 3.8) is 0 Å². The standard InChI is InChI=1S/C16H22O6/c1-17-7-8-20-22-14-9-13(15-11-19-16(14)21-15)18-10-12-5-3-2-4-6-12/h2-6,13-16H,7-11H2,1H3/t13-,14+,15+,16+/m0/s1. The third-order valence-electron chi connectivity index (χ3n) is 3.79. The van der Waals surface area contributed by atoms with E-state index in [1.54, 1.807) is 7.11 Å². The molecule has 0 aromatic heterocycles. The molecule has 2 aliphatic heterocycles. The average Bonchev–Trinajstić information content (AvgIpc) is 2.98. The molecular weight excluding hydrogens is 288 g/mol. The quantitative estimate of drug-likeness (QED) is 0.414. The van der Waals surface area contributed by atoms with E-state index >= 15 is 0 Å². The first-order valence-electron chi connectivity index (χ1n) is 7.56. The molecule has 1 aromatic rings. The molecule has 2 saturated heterocycles. The maximum Gasteiger partial charge on any atom is 0.187 e. The second-order valence-corrected chi connectivity index (χ2v) is 5.40. The Morgan fingerprint density at radius 1 is 1.14 bits per heavy atom. The largest absolute Gasteiger partial charge is 0.382 e. The van der Waals surface area contributed by atoms with Crippen LogP contribution in [-0.4, -0.2) is 51.5 Å². The first-order valence-corrected chi connectivity index (χ1v) is 7.56. The highest BCUT2D eigenvalue weighted by molar-refractivity contribution is 5.13. The van der Waals surface area contributed by atoms with E-state index in [2.05, 4.69) is 0 Å². The van der Waals surface area contributed by atoms with Crippen molar-refractivity contribution in [2.45, 2.75) is 37.6 Å². The van der Waals surface area contributed by atoms with E-state index in [0.29, 0.717) is 32.8 Å². The Balaban J connectivity index is 1.49. The first-order chi connectivity index (χ1) is 10.9. The number of rotatable bonds is 8. The van der Waals surface area contributed by atoms with Gasteiger partial charge in [0.1, 0.15) is 18.8 Å². The van der Waals surface area contributed by atoms with Gasteiger partial charge in [0.2, 0.25) is 0 Å². The molecule has 0 unspecified atom stereocenters. The second kappa shape index (κ2) is 8.01. The van der Waals surface area contributed by atoms with E-state index < -0.39 is 0 Å². The number of hydrogen-bond acceptors (Lipinski definition) is 6. The second-order valence-electron chi connectivity index (χ2n) is 5.40. The Bertz CT molecular complexity index is 440. The van der Waals surface area contributed by atoms with Gasteiger partial charge < -0.3 is 18.9 Å². The molecule has 22 heavy (non-hydrogen) atoms. The molecule has 2 heterocycles. The van der Waals surface area contributed by atoms with Crippen molar-refractivity contribution in [3.8, 4) is 0 Å². The van der Waals surface area contributed by atoms with Gasteiger partial charge in [0, 0.05) is 13.5 Å². The van der Waals surface area contributed by atoms with Gasteiger partial charge in [-0.05, 0) is 5.56 Å². The lowest BCUT2D eigenvalue weighted by Gasteiger charge is -2.32.